The Morgan fingerprint density at radius 2 is 1.73 bits per heavy atom. The van der Waals surface area contributed by atoms with Gasteiger partial charge in [-0.2, -0.15) is 0 Å². The SMILES string of the molecule is Oc1cccc(C2c3cccn3CCCN2Cc2cc(O)ccc2O)c1. The Morgan fingerprint density at radius 3 is 2.58 bits per heavy atom. The van der Waals surface area contributed by atoms with E-state index in [1.165, 1.54) is 12.1 Å². The molecule has 1 aromatic heterocycles. The molecule has 0 radical (unpaired) electrons. The second-order valence-electron chi connectivity index (χ2n) is 6.76. The van der Waals surface area contributed by atoms with Crippen LogP contribution in [0.5, 0.6) is 17.2 Å². The molecular formula is C21H22N2O3. The quantitative estimate of drug-likeness (QED) is 0.631. The molecule has 26 heavy (non-hydrogen) atoms. The molecule has 3 N–H and O–H groups in total. The van der Waals surface area contributed by atoms with E-state index < -0.39 is 0 Å². The Kier molecular flexibility index (Phi) is 4.31. The lowest BCUT2D eigenvalue weighted by atomic mass is 10.0. The average Bonchev–Trinajstić information content (AvgIpc) is 2.99. The fourth-order valence-electron chi connectivity index (χ4n) is 3.80. The summed E-state index contributed by atoms with van der Waals surface area (Å²) in [4.78, 5) is 2.28. The molecule has 0 amide bonds. The van der Waals surface area contributed by atoms with Crippen LogP contribution in [-0.4, -0.2) is 31.3 Å². The smallest absolute Gasteiger partial charge is 0.120 e. The summed E-state index contributed by atoms with van der Waals surface area (Å²) in [5.74, 6) is 0.562. The number of rotatable bonds is 3. The number of phenols is 3. The van der Waals surface area contributed by atoms with Crippen molar-refractivity contribution in [2.24, 2.45) is 0 Å². The van der Waals surface area contributed by atoms with Crippen molar-refractivity contribution >= 4 is 0 Å². The monoisotopic (exact) mass is 350 g/mol. The Labute approximate surface area is 152 Å². The van der Waals surface area contributed by atoms with Gasteiger partial charge in [-0.3, -0.25) is 4.90 Å². The largest absolute Gasteiger partial charge is 0.508 e. The molecule has 0 saturated carbocycles. The van der Waals surface area contributed by atoms with Crippen LogP contribution in [-0.2, 0) is 13.1 Å². The molecule has 0 spiro atoms. The van der Waals surface area contributed by atoms with Gasteiger partial charge in [0.15, 0.2) is 0 Å². The number of hydrogen-bond donors (Lipinski definition) is 3. The molecule has 0 aliphatic carbocycles. The Hall–Kier alpha value is -2.92. The first-order valence-electron chi connectivity index (χ1n) is 8.81. The van der Waals surface area contributed by atoms with Gasteiger partial charge in [-0.05, 0) is 54.4 Å². The summed E-state index contributed by atoms with van der Waals surface area (Å²) in [5, 5.41) is 30.0. The molecule has 1 unspecified atom stereocenters. The number of phenolic OH excluding ortho intramolecular Hbond substituents is 3. The fourth-order valence-corrected chi connectivity index (χ4v) is 3.80. The maximum absolute atomic E-state index is 10.2. The van der Waals surface area contributed by atoms with Crippen LogP contribution in [0.15, 0.2) is 60.8 Å². The molecule has 4 rings (SSSR count). The van der Waals surface area contributed by atoms with Gasteiger partial charge in [0.2, 0.25) is 0 Å². The Morgan fingerprint density at radius 1 is 0.885 bits per heavy atom. The van der Waals surface area contributed by atoms with Gasteiger partial charge in [0.25, 0.3) is 0 Å². The van der Waals surface area contributed by atoms with Crippen LogP contribution in [0.2, 0.25) is 0 Å². The molecular weight excluding hydrogens is 328 g/mol. The van der Waals surface area contributed by atoms with E-state index in [0.717, 1.165) is 30.8 Å². The van der Waals surface area contributed by atoms with E-state index >= 15 is 0 Å². The van der Waals surface area contributed by atoms with E-state index in [-0.39, 0.29) is 23.3 Å². The highest BCUT2D eigenvalue weighted by atomic mass is 16.3. The van der Waals surface area contributed by atoms with Crippen LogP contribution in [0.25, 0.3) is 0 Å². The van der Waals surface area contributed by atoms with E-state index in [1.807, 2.05) is 18.2 Å². The number of benzene rings is 2. The molecule has 2 aromatic carbocycles. The molecule has 0 saturated heterocycles. The third-order valence-corrected chi connectivity index (χ3v) is 4.98. The highest BCUT2D eigenvalue weighted by Gasteiger charge is 2.28. The van der Waals surface area contributed by atoms with E-state index in [2.05, 4.69) is 21.7 Å². The number of fused-ring (bicyclic) bond motifs is 1. The number of hydrogen-bond acceptors (Lipinski definition) is 4. The summed E-state index contributed by atoms with van der Waals surface area (Å²) < 4.78 is 2.25. The first-order valence-corrected chi connectivity index (χ1v) is 8.81. The van der Waals surface area contributed by atoms with Crippen LogP contribution in [0, 0.1) is 0 Å². The van der Waals surface area contributed by atoms with Gasteiger partial charge < -0.3 is 19.9 Å². The van der Waals surface area contributed by atoms with Gasteiger partial charge in [0.1, 0.15) is 17.2 Å². The normalized spacial score (nSPS) is 17.6. The zero-order valence-corrected chi connectivity index (χ0v) is 14.4. The number of aromatic nitrogens is 1. The van der Waals surface area contributed by atoms with E-state index in [0.29, 0.717) is 12.1 Å². The van der Waals surface area contributed by atoms with Crippen LogP contribution < -0.4 is 0 Å². The molecule has 1 aliphatic rings. The lowest BCUT2D eigenvalue weighted by Crippen LogP contribution is -2.29. The zero-order valence-electron chi connectivity index (χ0n) is 14.4. The molecule has 1 aliphatic heterocycles. The second kappa shape index (κ2) is 6.77. The van der Waals surface area contributed by atoms with Crippen LogP contribution in [0.4, 0.5) is 0 Å². The highest BCUT2D eigenvalue weighted by Crippen LogP contribution is 2.35. The molecule has 0 bridgehead atoms. The molecule has 5 heteroatoms. The van der Waals surface area contributed by atoms with Gasteiger partial charge >= 0.3 is 0 Å². The summed E-state index contributed by atoms with van der Waals surface area (Å²) in [6.45, 7) is 2.28. The predicted molar refractivity (Wildman–Crippen MR) is 99.2 cm³/mol. The molecule has 134 valence electrons. The topological polar surface area (TPSA) is 68.9 Å². The summed E-state index contributed by atoms with van der Waals surface area (Å²) in [5.41, 5.74) is 2.86. The number of aryl methyl sites for hydroxylation is 1. The van der Waals surface area contributed by atoms with Crippen molar-refractivity contribution in [3.05, 3.63) is 77.6 Å². The van der Waals surface area contributed by atoms with Gasteiger partial charge in [-0.1, -0.05) is 12.1 Å². The lowest BCUT2D eigenvalue weighted by Gasteiger charge is -2.31. The van der Waals surface area contributed by atoms with Crippen molar-refractivity contribution in [2.75, 3.05) is 6.54 Å². The molecule has 2 heterocycles. The third-order valence-electron chi connectivity index (χ3n) is 4.98. The molecule has 1 atom stereocenters. The standard InChI is InChI=1S/C21H22N2O3/c24-17-5-1-4-15(12-17)21-19-6-2-9-22(19)10-3-11-23(21)14-16-13-18(25)7-8-20(16)26/h1-2,4-9,12-13,21,24-26H,3,10-11,14H2. The molecule has 5 nitrogen and oxygen atoms in total. The summed E-state index contributed by atoms with van der Waals surface area (Å²) in [6.07, 6.45) is 3.07. The van der Waals surface area contributed by atoms with Crippen LogP contribution in [0.1, 0.15) is 29.3 Å². The first-order chi connectivity index (χ1) is 12.6. The van der Waals surface area contributed by atoms with E-state index in [4.69, 9.17) is 0 Å². The minimum Gasteiger partial charge on any atom is -0.508 e. The van der Waals surface area contributed by atoms with Crippen molar-refractivity contribution in [3.63, 3.8) is 0 Å². The highest BCUT2D eigenvalue weighted by molar-refractivity contribution is 5.40. The summed E-state index contributed by atoms with van der Waals surface area (Å²) in [7, 11) is 0. The summed E-state index contributed by atoms with van der Waals surface area (Å²) >= 11 is 0. The second-order valence-corrected chi connectivity index (χ2v) is 6.76. The Balaban J connectivity index is 1.77. The van der Waals surface area contributed by atoms with Crippen LogP contribution in [0.3, 0.4) is 0 Å². The van der Waals surface area contributed by atoms with Gasteiger partial charge in [0, 0.05) is 37.1 Å². The summed E-state index contributed by atoms with van der Waals surface area (Å²) in [6, 6.07) is 16.1. The van der Waals surface area contributed by atoms with Gasteiger partial charge in [-0.15, -0.1) is 0 Å². The first kappa shape index (κ1) is 16.5. The lowest BCUT2D eigenvalue weighted by molar-refractivity contribution is 0.217. The minimum absolute atomic E-state index is 0.0404. The van der Waals surface area contributed by atoms with Crippen molar-refractivity contribution in [3.8, 4) is 17.2 Å². The van der Waals surface area contributed by atoms with Gasteiger partial charge in [0.05, 0.1) is 6.04 Å². The van der Waals surface area contributed by atoms with Crippen molar-refractivity contribution < 1.29 is 15.3 Å². The van der Waals surface area contributed by atoms with E-state index in [1.54, 1.807) is 18.2 Å². The average molecular weight is 350 g/mol. The third kappa shape index (κ3) is 3.13. The fraction of sp³-hybridized carbons (Fsp3) is 0.238. The van der Waals surface area contributed by atoms with Crippen LogP contribution >= 0.6 is 0 Å². The van der Waals surface area contributed by atoms with Gasteiger partial charge in [-0.25, -0.2) is 0 Å². The number of aromatic hydroxyl groups is 3. The minimum atomic E-state index is -0.0404. The van der Waals surface area contributed by atoms with Crippen molar-refractivity contribution in [2.45, 2.75) is 25.6 Å². The molecule has 3 aromatic rings. The van der Waals surface area contributed by atoms with Crippen molar-refractivity contribution in [1.29, 1.82) is 0 Å². The molecule has 0 fully saturated rings. The van der Waals surface area contributed by atoms with Crippen molar-refractivity contribution in [1.82, 2.24) is 9.47 Å². The maximum atomic E-state index is 10.2. The predicted octanol–water partition coefficient (Wildman–Crippen LogP) is 3.60. The Bertz CT molecular complexity index is 919. The zero-order chi connectivity index (χ0) is 18.1. The number of nitrogens with zero attached hydrogens (tertiary/aromatic N) is 2. The van der Waals surface area contributed by atoms with E-state index in [9.17, 15) is 15.3 Å². The maximum Gasteiger partial charge on any atom is 0.120 e.